The molecule has 0 saturated carbocycles. The lowest BCUT2D eigenvalue weighted by Crippen LogP contribution is -2.27. The van der Waals surface area contributed by atoms with Crippen LogP contribution >= 0.6 is 11.3 Å². The second-order valence-corrected chi connectivity index (χ2v) is 9.28. The average Bonchev–Trinajstić information content (AvgIpc) is 3.30. The number of anilines is 1. The van der Waals surface area contributed by atoms with E-state index >= 15 is 0 Å². The summed E-state index contributed by atoms with van der Waals surface area (Å²) in [6, 6.07) is 6.08. The van der Waals surface area contributed by atoms with Gasteiger partial charge in [0.1, 0.15) is 0 Å². The highest BCUT2D eigenvalue weighted by atomic mass is 32.2. The molecule has 144 valence electrons. The number of carbonyl (C=O) groups is 1. The molecule has 2 heterocycles. The van der Waals surface area contributed by atoms with Crippen LogP contribution in [0.2, 0.25) is 0 Å². The van der Waals surface area contributed by atoms with Gasteiger partial charge in [-0.2, -0.15) is 5.10 Å². The van der Waals surface area contributed by atoms with E-state index in [1.807, 2.05) is 5.01 Å². The summed E-state index contributed by atoms with van der Waals surface area (Å²) in [7, 11) is -3.32. The predicted molar refractivity (Wildman–Crippen MR) is 104 cm³/mol. The number of nitrogens with one attached hydrogen (secondary N) is 1. The first-order valence-corrected chi connectivity index (χ1v) is 11.1. The molecule has 1 saturated heterocycles. The highest BCUT2D eigenvalue weighted by Gasteiger charge is 2.20. The molecule has 2 aromatic rings. The van der Waals surface area contributed by atoms with Gasteiger partial charge in [-0.25, -0.2) is 13.4 Å². The van der Waals surface area contributed by atoms with Gasteiger partial charge in [-0.05, 0) is 25.0 Å². The van der Waals surface area contributed by atoms with Crippen molar-refractivity contribution >= 4 is 37.9 Å². The summed E-state index contributed by atoms with van der Waals surface area (Å²) < 4.78 is 23.3. The minimum atomic E-state index is -3.32. The Balaban J connectivity index is 1.89. The van der Waals surface area contributed by atoms with Crippen LogP contribution in [-0.4, -0.2) is 54.5 Å². The van der Waals surface area contributed by atoms with Gasteiger partial charge in [0, 0.05) is 31.1 Å². The molecular formula is C17H20N4O4S2. The van der Waals surface area contributed by atoms with Crippen molar-refractivity contribution in [3.05, 3.63) is 40.9 Å². The van der Waals surface area contributed by atoms with Crippen molar-refractivity contribution in [2.75, 3.05) is 24.7 Å². The van der Waals surface area contributed by atoms with Gasteiger partial charge in [-0.1, -0.05) is 23.5 Å². The summed E-state index contributed by atoms with van der Waals surface area (Å²) in [5, 5.41) is 18.5. The number of rotatable bonds is 6. The molecule has 0 atom stereocenters. The average molecular weight is 409 g/mol. The SMILES string of the molecule is CS(=O)(=O)c1ccc(/C(=N\N2CCCC2)C(=O)Nc2ncc(CO)s2)cc1. The number of thiazole rings is 1. The Kier molecular flexibility index (Phi) is 5.88. The fraction of sp³-hybridized carbons (Fsp3) is 0.353. The molecule has 0 unspecified atom stereocenters. The molecule has 1 aromatic carbocycles. The van der Waals surface area contributed by atoms with Crippen LogP contribution in [0.25, 0.3) is 0 Å². The van der Waals surface area contributed by atoms with Gasteiger partial charge in [-0.3, -0.25) is 15.1 Å². The Bertz CT molecular complexity index is 946. The maximum absolute atomic E-state index is 12.8. The quantitative estimate of drug-likeness (QED) is 0.700. The van der Waals surface area contributed by atoms with Crippen molar-refractivity contribution in [2.24, 2.45) is 5.10 Å². The minimum Gasteiger partial charge on any atom is -0.391 e. The number of aliphatic hydroxyl groups is 1. The number of benzene rings is 1. The van der Waals surface area contributed by atoms with E-state index in [9.17, 15) is 13.2 Å². The number of sulfone groups is 1. The molecule has 10 heteroatoms. The van der Waals surface area contributed by atoms with Gasteiger partial charge < -0.3 is 5.11 Å². The Morgan fingerprint density at radius 2 is 1.96 bits per heavy atom. The van der Waals surface area contributed by atoms with E-state index < -0.39 is 15.7 Å². The lowest BCUT2D eigenvalue weighted by atomic mass is 10.1. The fourth-order valence-corrected chi connectivity index (χ4v) is 3.93. The molecule has 1 fully saturated rings. The third-order valence-electron chi connectivity index (χ3n) is 4.02. The van der Waals surface area contributed by atoms with Crippen molar-refractivity contribution < 1.29 is 18.3 Å². The maximum atomic E-state index is 12.8. The van der Waals surface area contributed by atoms with E-state index in [1.165, 1.54) is 29.7 Å². The lowest BCUT2D eigenvalue weighted by molar-refractivity contribution is -0.110. The molecule has 0 aliphatic carbocycles. The zero-order chi connectivity index (χ0) is 19.4. The van der Waals surface area contributed by atoms with Crippen LogP contribution in [0.15, 0.2) is 40.5 Å². The summed E-state index contributed by atoms with van der Waals surface area (Å²) >= 11 is 1.18. The Morgan fingerprint density at radius 3 is 2.52 bits per heavy atom. The first-order valence-electron chi connectivity index (χ1n) is 8.38. The van der Waals surface area contributed by atoms with E-state index in [1.54, 1.807) is 12.1 Å². The zero-order valence-corrected chi connectivity index (χ0v) is 16.4. The molecule has 1 aliphatic rings. The van der Waals surface area contributed by atoms with Gasteiger partial charge in [0.05, 0.1) is 16.4 Å². The highest BCUT2D eigenvalue weighted by Crippen LogP contribution is 2.19. The van der Waals surface area contributed by atoms with Gasteiger partial charge in [0.2, 0.25) is 0 Å². The smallest absolute Gasteiger partial charge is 0.278 e. The van der Waals surface area contributed by atoms with Crippen molar-refractivity contribution in [3.8, 4) is 0 Å². The Labute approximate surface area is 161 Å². The molecule has 1 amide bonds. The number of aliphatic hydroxyl groups excluding tert-OH is 1. The summed E-state index contributed by atoms with van der Waals surface area (Å²) in [4.78, 5) is 17.7. The monoisotopic (exact) mass is 408 g/mol. The summed E-state index contributed by atoms with van der Waals surface area (Å²) in [5.41, 5.74) is 0.712. The topological polar surface area (TPSA) is 112 Å². The standard InChI is InChI=1S/C17H20N4O4S2/c1-27(24,25)14-6-4-12(5-7-14)15(20-21-8-2-3-9-21)16(23)19-17-18-10-13(11-22)26-17/h4-7,10,22H,2-3,8-9,11H2,1H3,(H,18,19,23)/b20-15+. The second kappa shape index (κ2) is 8.15. The van der Waals surface area contributed by atoms with E-state index in [0.717, 1.165) is 32.2 Å². The molecular weight excluding hydrogens is 388 g/mol. The second-order valence-electron chi connectivity index (χ2n) is 6.15. The van der Waals surface area contributed by atoms with Gasteiger partial charge >= 0.3 is 0 Å². The van der Waals surface area contributed by atoms with E-state index in [0.29, 0.717) is 15.6 Å². The predicted octanol–water partition coefficient (Wildman–Crippen LogP) is 1.48. The number of carbonyl (C=O) groups excluding carboxylic acids is 1. The van der Waals surface area contributed by atoms with Crippen LogP contribution in [-0.2, 0) is 21.2 Å². The largest absolute Gasteiger partial charge is 0.391 e. The van der Waals surface area contributed by atoms with Gasteiger partial charge in [0.25, 0.3) is 5.91 Å². The first kappa shape index (κ1) is 19.5. The van der Waals surface area contributed by atoms with Crippen LogP contribution in [0.4, 0.5) is 5.13 Å². The van der Waals surface area contributed by atoms with Crippen LogP contribution in [0.5, 0.6) is 0 Å². The molecule has 0 spiro atoms. The molecule has 3 rings (SSSR count). The molecule has 8 nitrogen and oxygen atoms in total. The first-order chi connectivity index (χ1) is 12.9. The highest BCUT2D eigenvalue weighted by molar-refractivity contribution is 7.90. The molecule has 27 heavy (non-hydrogen) atoms. The molecule has 0 radical (unpaired) electrons. The van der Waals surface area contributed by atoms with Gasteiger partial charge in [-0.15, -0.1) is 0 Å². The van der Waals surface area contributed by atoms with Crippen LogP contribution in [0.1, 0.15) is 23.3 Å². The number of nitrogens with zero attached hydrogens (tertiary/aromatic N) is 3. The number of aromatic nitrogens is 1. The lowest BCUT2D eigenvalue weighted by Gasteiger charge is -2.14. The maximum Gasteiger partial charge on any atom is 0.278 e. The van der Waals surface area contributed by atoms with Crippen LogP contribution in [0.3, 0.4) is 0 Å². The van der Waals surface area contributed by atoms with Crippen molar-refractivity contribution in [1.29, 1.82) is 0 Å². The Hall–Kier alpha value is -2.30. The third kappa shape index (κ3) is 4.90. The van der Waals surface area contributed by atoms with Crippen LogP contribution < -0.4 is 5.32 Å². The molecule has 0 bridgehead atoms. The Morgan fingerprint density at radius 1 is 1.30 bits per heavy atom. The summed E-state index contributed by atoms with van der Waals surface area (Å²) in [6.07, 6.45) is 4.66. The normalized spacial score (nSPS) is 15.2. The summed E-state index contributed by atoms with van der Waals surface area (Å²) in [6.45, 7) is 1.39. The number of amides is 1. The van der Waals surface area contributed by atoms with E-state index in [2.05, 4.69) is 15.4 Å². The molecule has 2 N–H and O–H groups in total. The number of hydrazone groups is 1. The molecule has 1 aromatic heterocycles. The number of hydrogen-bond acceptors (Lipinski definition) is 8. The number of hydrogen-bond donors (Lipinski definition) is 2. The minimum absolute atomic E-state index is 0.144. The van der Waals surface area contributed by atoms with Crippen molar-refractivity contribution in [3.63, 3.8) is 0 Å². The molecule has 1 aliphatic heterocycles. The summed E-state index contributed by atoms with van der Waals surface area (Å²) in [5.74, 6) is -0.437. The zero-order valence-electron chi connectivity index (χ0n) is 14.8. The third-order valence-corrected chi connectivity index (χ3v) is 6.05. The van der Waals surface area contributed by atoms with E-state index in [-0.39, 0.29) is 17.2 Å². The van der Waals surface area contributed by atoms with Crippen LogP contribution in [0, 0.1) is 0 Å². The fourth-order valence-electron chi connectivity index (χ4n) is 2.63. The van der Waals surface area contributed by atoms with Crippen molar-refractivity contribution in [1.82, 2.24) is 9.99 Å². The van der Waals surface area contributed by atoms with E-state index in [4.69, 9.17) is 5.11 Å². The van der Waals surface area contributed by atoms with Gasteiger partial charge in [0.15, 0.2) is 20.7 Å². The van der Waals surface area contributed by atoms with Crippen molar-refractivity contribution in [2.45, 2.75) is 24.3 Å².